The molecule has 4 heteroatoms. The molecule has 0 amide bonds. The number of hydrogen-bond donors (Lipinski definition) is 0. The fraction of sp³-hybridized carbons (Fsp3) is 0.214. The minimum Gasteiger partial charge on any atom is -0.489 e. The molecule has 0 N–H and O–H groups in total. The fourth-order valence-corrected chi connectivity index (χ4v) is 1.99. The minimum absolute atomic E-state index is 0.461. The molecule has 0 spiro atoms. The molecule has 0 aliphatic rings. The van der Waals surface area contributed by atoms with Gasteiger partial charge in [0.1, 0.15) is 17.5 Å². The second kappa shape index (κ2) is 5.59. The lowest BCUT2D eigenvalue weighted by Crippen LogP contribution is -1.97. The summed E-state index contributed by atoms with van der Waals surface area (Å²) in [6, 6.07) is 7.52. The third kappa shape index (κ3) is 3.15. The van der Waals surface area contributed by atoms with E-state index in [1.807, 2.05) is 32.0 Å². The minimum atomic E-state index is 0.461. The van der Waals surface area contributed by atoms with Crippen LogP contribution in [0, 0.1) is 13.8 Å². The van der Waals surface area contributed by atoms with Gasteiger partial charge in [-0.05, 0) is 54.8 Å². The molecule has 0 aliphatic heterocycles. The first-order chi connectivity index (χ1) is 8.56. The van der Waals surface area contributed by atoms with Crippen LogP contribution in [0.3, 0.4) is 0 Å². The Kier molecular flexibility index (Phi) is 4.10. The van der Waals surface area contributed by atoms with Crippen LogP contribution in [0.2, 0.25) is 10.2 Å². The highest BCUT2D eigenvalue weighted by Gasteiger charge is 2.04. The highest BCUT2D eigenvalue weighted by atomic mass is 35.5. The molecule has 1 aromatic heterocycles. The Labute approximate surface area is 117 Å². The number of aryl methyl sites for hydroxylation is 2. The standard InChI is InChI=1S/C14H13Cl2NO/c1-9-5-12(6-10(2)14(9)16)18-8-11-3-4-17-13(15)7-11/h3-7H,8H2,1-2H3. The molecule has 0 atom stereocenters. The van der Waals surface area contributed by atoms with E-state index in [0.29, 0.717) is 11.8 Å². The number of hydrogen-bond acceptors (Lipinski definition) is 2. The number of ether oxygens (including phenoxy) is 1. The molecule has 2 nitrogen and oxygen atoms in total. The summed E-state index contributed by atoms with van der Waals surface area (Å²) in [5, 5.41) is 1.26. The lowest BCUT2D eigenvalue weighted by atomic mass is 10.1. The van der Waals surface area contributed by atoms with E-state index in [2.05, 4.69) is 4.98 Å². The summed E-state index contributed by atoms with van der Waals surface area (Å²) in [7, 11) is 0. The summed E-state index contributed by atoms with van der Waals surface area (Å²) in [5.41, 5.74) is 3.01. The molecule has 94 valence electrons. The topological polar surface area (TPSA) is 22.1 Å². The van der Waals surface area contributed by atoms with E-state index >= 15 is 0 Å². The maximum absolute atomic E-state index is 6.11. The Morgan fingerprint density at radius 2 is 1.78 bits per heavy atom. The largest absolute Gasteiger partial charge is 0.489 e. The zero-order valence-electron chi connectivity index (χ0n) is 10.2. The first-order valence-electron chi connectivity index (χ1n) is 5.56. The van der Waals surface area contributed by atoms with E-state index < -0.39 is 0 Å². The summed E-state index contributed by atoms with van der Waals surface area (Å²) in [6.07, 6.45) is 1.67. The molecule has 18 heavy (non-hydrogen) atoms. The van der Waals surface area contributed by atoms with Crippen LogP contribution in [0.15, 0.2) is 30.5 Å². The smallest absolute Gasteiger partial charge is 0.129 e. The summed E-state index contributed by atoms with van der Waals surface area (Å²) in [4.78, 5) is 3.93. The van der Waals surface area contributed by atoms with Crippen molar-refractivity contribution in [3.8, 4) is 5.75 Å². The van der Waals surface area contributed by atoms with E-state index in [9.17, 15) is 0 Å². The van der Waals surface area contributed by atoms with Crippen molar-refractivity contribution in [1.82, 2.24) is 4.98 Å². The predicted octanol–water partition coefficient (Wildman–Crippen LogP) is 4.58. The van der Waals surface area contributed by atoms with Gasteiger partial charge in [0.25, 0.3) is 0 Å². The van der Waals surface area contributed by atoms with Crippen LogP contribution in [0.25, 0.3) is 0 Å². The lowest BCUT2D eigenvalue weighted by Gasteiger charge is -2.10. The molecule has 2 rings (SSSR count). The Morgan fingerprint density at radius 3 is 2.39 bits per heavy atom. The van der Waals surface area contributed by atoms with E-state index in [1.165, 1.54) is 0 Å². The first-order valence-corrected chi connectivity index (χ1v) is 6.32. The van der Waals surface area contributed by atoms with Gasteiger partial charge in [-0.3, -0.25) is 0 Å². The monoisotopic (exact) mass is 281 g/mol. The summed E-state index contributed by atoms with van der Waals surface area (Å²) < 4.78 is 5.72. The van der Waals surface area contributed by atoms with Gasteiger partial charge < -0.3 is 4.74 Å². The summed E-state index contributed by atoms with van der Waals surface area (Å²) >= 11 is 11.9. The number of nitrogens with zero attached hydrogens (tertiary/aromatic N) is 1. The van der Waals surface area contributed by atoms with Crippen LogP contribution in [-0.2, 0) is 6.61 Å². The van der Waals surface area contributed by atoms with E-state index in [0.717, 1.165) is 27.5 Å². The van der Waals surface area contributed by atoms with Crippen molar-refractivity contribution in [3.05, 3.63) is 57.3 Å². The van der Waals surface area contributed by atoms with Gasteiger partial charge in [0, 0.05) is 11.2 Å². The fourth-order valence-electron chi connectivity index (χ4n) is 1.69. The molecule has 0 saturated heterocycles. The van der Waals surface area contributed by atoms with Crippen LogP contribution in [0.4, 0.5) is 0 Å². The van der Waals surface area contributed by atoms with E-state index in [-0.39, 0.29) is 0 Å². The number of aromatic nitrogens is 1. The maximum atomic E-state index is 6.11. The average Bonchev–Trinajstić information content (AvgIpc) is 2.33. The van der Waals surface area contributed by atoms with Gasteiger partial charge in [0.05, 0.1) is 0 Å². The second-order valence-electron chi connectivity index (χ2n) is 4.15. The molecule has 1 heterocycles. The van der Waals surface area contributed by atoms with Gasteiger partial charge in [0.15, 0.2) is 0 Å². The van der Waals surface area contributed by atoms with Crippen molar-refractivity contribution in [3.63, 3.8) is 0 Å². The van der Waals surface area contributed by atoms with Crippen molar-refractivity contribution in [1.29, 1.82) is 0 Å². The average molecular weight is 282 g/mol. The van der Waals surface area contributed by atoms with Crippen LogP contribution in [0.1, 0.15) is 16.7 Å². The third-order valence-corrected chi connectivity index (χ3v) is 3.41. The molecule has 0 fully saturated rings. The summed E-state index contributed by atoms with van der Waals surface area (Å²) in [6.45, 7) is 4.39. The highest BCUT2D eigenvalue weighted by Crippen LogP contribution is 2.26. The maximum Gasteiger partial charge on any atom is 0.129 e. The molecule has 2 aromatic rings. The molecule has 0 unspecified atom stereocenters. The van der Waals surface area contributed by atoms with E-state index in [1.54, 1.807) is 12.3 Å². The number of rotatable bonds is 3. The van der Waals surface area contributed by atoms with E-state index in [4.69, 9.17) is 27.9 Å². The zero-order chi connectivity index (χ0) is 13.1. The van der Waals surface area contributed by atoms with Gasteiger partial charge in [0.2, 0.25) is 0 Å². The SMILES string of the molecule is Cc1cc(OCc2ccnc(Cl)c2)cc(C)c1Cl. The normalized spacial score (nSPS) is 10.4. The molecule has 0 radical (unpaired) electrons. The Bertz CT molecular complexity index is 546. The predicted molar refractivity (Wildman–Crippen MR) is 74.5 cm³/mol. The van der Waals surface area contributed by atoms with Crippen molar-refractivity contribution in [2.45, 2.75) is 20.5 Å². The van der Waals surface area contributed by atoms with Crippen LogP contribution in [0.5, 0.6) is 5.75 Å². The van der Waals surface area contributed by atoms with Gasteiger partial charge >= 0.3 is 0 Å². The first kappa shape index (κ1) is 13.2. The number of halogens is 2. The van der Waals surface area contributed by atoms with Crippen LogP contribution in [-0.4, -0.2) is 4.98 Å². The lowest BCUT2D eigenvalue weighted by molar-refractivity contribution is 0.305. The van der Waals surface area contributed by atoms with Gasteiger partial charge in [-0.2, -0.15) is 0 Å². The number of benzene rings is 1. The van der Waals surface area contributed by atoms with Gasteiger partial charge in [-0.1, -0.05) is 23.2 Å². The third-order valence-electron chi connectivity index (χ3n) is 2.61. The highest BCUT2D eigenvalue weighted by molar-refractivity contribution is 6.32. The van der Waals surface area contributed by atoms with Crippen molar-refractivity contribution >= 4 is 23.2 Å². The van der Waals surface area contributed by atoms with Crippen LogP contribution >= 0.6 is 23.2 Å². The van der Waals surface area contributed by atoms with Gasteiger partial charge in [-0.25, -0.2) is 4.98 Å². The zero-order valence-corrected chi connectivity index (χ0v) is 11.7. The molecule has 0 aliphatic carbocycles. The molecule has 0 saturated carbocycles. The molecule has 1 aromatic carbocycles. The van der Waals surface area contributed by atoms with Crippen molar-refractivity contribution < 1.29 is 4.74 Å². The quantitative estimate of drug-likeness (QED) is 0.768. The molecular weight excluding hydrogens is 269 g/mol. The molecule has 0 bridgehead atoms. The van der Waals surface area contributed by atoms with Crippen molar-refractivity contribution in [2.24, 2.45) is 0 Å². The summed E-state index contributed by atoms with van der Waals surface area (Å²) in [5.74, 6) is 0.808. The Hall–Kier alpha value is -1.25. The Morgan fingerprint density at radius 1 is 1.11 bits per heavy atom. The van der Waals surface area contributed by atoms with Crippen LogP contribution < -0.4 is 4.74 Å². The van der Waals surface area contributed by atoms with Crippen molar-refractivity contribution in [2.75, 3.05) is 0 Å². The molecular formula is C14H13Cl2NO. The van der Waals surface area contributed by atoms with Gasteiger partial charge in [-0.15, -0.1) is 0 Å². The Balaban J connectivity index is 2.11. The number of pyridine rings is 1. The second-order valence-corrected chi connectivity index (χ2v) is 4.91.